The summed E-state index contributed by atoms with van der Waals surface area (Å²) < 4.78 is 0. The predicted octanol–water partition coefficient (Wildman–Crippen LogP) is -2.05. The molecular weight excluding hydrogens is 476 g/mol. The van der Waals surface area contributed by atoms with E-state index in [1.54, 1.807) is 6.20 Å². The van der Waals surface area contributed by atoms with Gasteiger partial charge in [-0.2, -0.15) is 0 Å². The number of hydrogen-bond donors (Lipinski definition) is 8. The zero-order chi connectivity index (χ0) is 26.8. The summed E-state index contributed by atoms with van der Waals surface area (Å²) in [6.07, 6.45) is 0.464. The van der Waals surface area contributed by atoms with Crippen LogP contribution in [0.2, 0.25) is 0 Å². The van der Waals surface area contributed by atoms with Crippen LogP contribution in [0, 0.1) is 0 Å². The minimum absolute atomic E-state index is 0.141. The van der Waals surface area contributed by atoms with Gasteiger partial charge in [-0.15, -0.1) is 0 Å². The fourth-order valence-electron chi connectivity index (χ4n) is 3.38. The van der Waals surface area contributed by atoms with Crippen molar-refractivity contribution in [2.45, 2.75) is 43.8 Å². The highest BCUT2D eigenvalue weighted by Gasteiger charge is 2.26. The third kappa shape index (κ3) is 8.39. The molecule has 0 spiro atoms. The molecule has 14 heteroatoms. The van der Waals surface area contributed by atoms with Crippen LogP contribution in [0.5, 0.6) is 0 Å². The normalized spacial score (nSPS) is 13.2. The van der Waals surface area contributed by atoms with Gasteiger partial charge in [-0.05, 0) is 24.5 Å². The molecule has 0 saturated heterocycles. The van der Waals surface area contributed by atoms with E-state index in [1.165, 1.54) is 0 Å². The number of aromatic nitrogens is 1. The first-order valence-electron chi connectivity index (χ1n) is 10.9. The summed E-state index contributed by atoms with van der Waals surface area (Å²) >= 11 is 0. The molecule has 0 aliphatic rings. The highest BCUT2D eigenvalue weighted by Crippen LogP contribution is 2.18. The second kappa shape index (κ2) is 12.9. The maximum absolute atomic E-state index is 12.7. The fraction of sp³-hybridized carbons (Fsp3) is 0.364. The van der Waals surface area contributed by atoms with Gasteiger partial charge in [-0.25, -0.2) is 4.79 Å². The number of carbonyl (C=O) groups excluding carboxylic acids is 4. The van der Waals surface area contributed by atoms with E-state index in [4.69, 9.17) is 21.7 Å². The van der Waals surface area contributed by atoms with Gasteiger partial charge in [0.1, 0.15) is 12.1 Å². The van der Waals surface area contributed by atoms with Crippen molar-refractivity contribution in [3.05, 3.63) is 36.0 Å². The highest BCUT2D eigenvalue weighted by molar-refractivity contribution is 5.94. The second-order valence-electron chi connectivity index (χ2n) is 8.01. The van der Waals surface area contributed by atoms with Gasteiger partial charge in [0.25, 0.3) is 0 Å². The van der Waals surface area contributed by atoms with E-state index >= 15 is 0 Å². The maximum Gasteiger partial charge on any atom is 0.326 e. The molecule has 0 unspecified atom stereocenters. The molecule has 1 aromatic carbocycles. The minimum atomic E-state index is -1.59. The number of carboxylic acids is 2. The van der Waals surface area contributed by atoms with Gasteiger partial charge in [0.05, 0.1) is 19.0 Å². The Labute approximate surface area is 204 Å². The molecule has 1 heterocycles. The lowest BCUT2D eigenvalue weighted by Gasteiger charge is -2.20. The van der Waals surface area contributed by atoms with Crippen molar-refractivity contribution in [3.63, 3.8) is 0 Å². The van der Waals surface area contributed by atoms with Gasteiger partial charge in [0, 0.05) is 23.5 Å². The van der Waals surface area contributed by atoms with Crippen molar-refractivity contribution in [2.24, 2.45) is 11.5 Å². The number of amides is 4. The number of hydrogen-bond acceptors (Lipinski definition) is 7. The lowest BCUT2D eigenvalue weighted by molar-refractivity contribution is -0.143. The number of nitrogens with two attached hydrogens (primary N) is 2. The monoisotopic (exact) mass is 504 g/mol. The number of aliphatic carboxylic acids is 2. The Balaban J connectivity index is 1.98. The first-order valence-corrected chi connectivity index (χ1v) is 10.9. The molecule has 4 amide bonds. The summed E-state index contributed by atoms with van der Waals surface area (Å²) in [5, 5.41) is 25.5. The molecule has 2 rings (SSSR count). The predicted molar refractivity (Wildman–Crippen MR) is 125 cm³/mol. The maximum atomic E-state index is 12.7. The number of primary amides is 1. The molecule has 0 radical (unpaired) electrons. The Morgan fingerprint density at radius 2 is 1.67 bits per heavy atom. The molecule has 10 N–H and O–H groups in total. The van der Waals surface area contributed by atoms with Crippen molar-refractivity contribution in [2.75, 3.05) is 6.54 Å². The number of rotatable bonds is 14. The molecule has 0 fully saturated rings. The minimum Gasteiger partial charge on any atom is -0.481 e. The van der Waals surface area contributed by atoms with Crippen molar-refractivity contribution in [1.82, 2.24) is 20.9 Å². The number of nitrogens with one attached hydrogen (secondary N) is 4. The van der Waals surface area contributed by atoms with Crippen LogP contribution >= 0.6 is 0 Å². The van der Waals surface area contributed by atoms with E-state index < -0.39 is 73.1 Å². The van der Waals surface area contributed by atoms with Gasteiger partial charge >= 0.3 is 11.9 Å². The zero-order valence-corrected chi connectivity index (χ0v) is 19.2. The van der Waals surface area contributed by atoms with Gasteiger partial charge in [0.2, 0.25) is 23.6 Å². The largest absolute Gasteiger partial charge is 0.481 e. The van der Waals surface area contributed by atoms with Crippen molar-refractivity contribution >= 4 is 46.5 Å². The van der Waals surface area contributed by atoms with E-state index in [-0.39, 0.29) is 12.8 Å². The lowest BCUT2D eigenvalue weighted by Crippen LogP contribution is -2.54. The molecule has 194 valence electrons. The standard InChI is InChI=1S/C22H28N6O8/c23-13(7-11-9-25-14-4-2-1-3-12(11)14)20(33)28-15(5-6-19(31)32)21(34)26-10-18(30)27-16(22(35)36)8-17(24)29/h1-4,9,13,15-16,25H,5-8,10,23H2,(H2,24,29)(H,26,34)(H,27,30)(H,28,33)(H,31,32)(H,35,36)/t13-,15-,16-/m0/s1. The van der Waals surface area contributed by atoms with Crippen molar-refractivity contribution in [1.29, 1.82) is 0 Å². The third-order valence-electron chi connectivity index (χ3n) is 5.19. The Morgan fingerprint density at radius 3 is 2.31 bits per heavy atom. The van der Waals surface area contributed by atoms with Gasteiger partial charge in [0.15, 0.2) is 0 Å². The van der Waals surface area contributed by atoms with Gasteiger partial charge in [-0.1, -0.05) is 18.2 Å². The summed E-state index contributed by atoms with van der Waals surface area (Å²) in [7, 11) is 0. The van der Waals surface area contributed by atoms with Gasteiger partial charge in [-0.3, -0.25) is 24.0 Å². The summed E-state index contributed by atoms with van der Waals surface area (Å²) in [5.41, 5.74) is 12.6. The van der Waals surface area contributed by atoms with Crippen LogP contribution in [0.3, 0.4) is 0 Å². The Bertz CT molecular complexity index is 1150. The first kappa shape index (κ1) is 27.8. The molecule has 3 atom stereocenters. The van der Waals surface area contributed by atoms with Crippen LogP contribution in [0.4, 0.5) is 0 Å². The Hall–Kier alpha value is -4.46. The molecular formula is C22H28N6O8. The highest BCUT2D eigenvalue weighted by atomic mass is 16.4. The number of aromatic amines is 1. The van der Waals surface area contributed by atoms with E-state index in [0.717, 1.165) is 16.5 Å². The average molecular weight is 505 g/mol. The molecule has 0 bridgehead atoms. The SMILES string of the molecule is NC(=O)C[C@H](NC(=O)CNC(=O)[C@H](CCC(=O)O)NC(=O)[C@@H](N)Cc1c[nH]c2ccccc12)C(=O)O. The quantitative estimate of drug-likeness (QED) is 0.141. The second-order valence-corrected chi connectivity index (χ2v) is 8.01. The van der Waals surface area contributed by atoms with E-state index in [0.29, 0.717) is 0 Å². The molecule has 2 aromatic rings. The van der Waals surface area contributed by atoms with Crippen molar-refractivity contribution in [3.8, 4) is 0 Å². The van der Waals surface area contributed by atoms with Crippen LogP contribution < -0.4 is 27.4 Å². The van der Waals surface area contributed by atoms with E-state index in [1.807, 2.05) is 29.6 Å². The Morgan fingerprint density at radius 1 is 0.972 bits per heavy atom. The van der Waals surface area contributed by atoms with Crippen LogP contribution in [0.1, 0.15) is 24.8 Å². The number of H-pyrrole nitrogens is 1. The number of carboxylic acid groups (broad SMARTS) is 2. The summed E-state index contributed by atoms with van der Waals surface area (Å²) in [6, 6.07) is 3.43. The summed E-state index contributed by atoms with van der Waals surface area (Å²) in [6.45, 7) is -0.692. The van der Waals surface area contributed by atoms with E-state index in [2.05, 4.69) is 15.6 Å². The number of benzene rings is 1. The summed E-state index contributed by atoms with van der Waals surface area (Å²) in [5.74, 6) is -6.17. The molecule has 36 heavy (non-hydrogen) atoms. The number of para-hydroxylation sites is 1. The molecule has 0 aliphatic carbocycles. The smallest absolute Gasteiger partial charge is 0.326 e. The number of fused-ring (bicyclic) bond motifs is 1. The summed E-state index contributed by atoms with van der Waals surface area (Å²) in [4.78, 5) is 73.3. The van der Waals surface area contributed by atoms with Crippen molar-refractivity contribution < 1.29 is 39.0 Å². The van der Waals surface area contributed by atoms with Crippen LogP contribution in [-0.2, 0) is 35.2 Å². The lowest BCUT2D eigenvalue weighted by atomic mass is 10.0. The van der Waals surface area contributed by atoms with Gasteiger partial charge < -0.3 is 42.6 Å². The Kier molecular flexibility index (Phi) is 9.92. The zero-order valence-electron chi connectivity index (χ0n) is 19.2. The van der Waals surface area contributed by atoms with E-state index in [9.17, 15) is 28.8 Å². The third-order valence-corrected chi connectivity index (χ3v) is 5.19. The average Bonchev–Trinajstić information content (AvgIpc) is 3.21. The van der Waals surface area contributed by atoms with Crippen LogP contribution in [0.25, 0.3) is 10.9 Å². The molecule has 1 aromatic heterocycles. The number of carbonyl (C=O) groups is 6. The molecule has 14 nitrogen and oxygen atoms in total. The van der Waals surface area contributed by atoms with Crippen LogP contribution in [-0.4, -0.2) is 75.4 Å². The van der Waals surface area contributed by atoms with Crippen LogP contribution in [0.15, 0.2) is 30.5 Å². The topological polar surface area (TPSA) is 247 Å². The molecule has 0 saturated carbocycles. The first-order chi connectivity index (χ1) is 17.0. The fourth-order valence-corrected chi connectivity index (χ4v) is 3.38. The molecule has 0 aliphatic heterocycles.